The first kappa shape index (κ1) is 19.2. The van der Waals surface area contributed by atoms with E-state index in [0.29, 0.717) is 5.41 Å². The van der Waals surface area contributed by atoms with Crippen LogP contribution in [0.1, 0.15) is 79.6 Å². The summed E-state index contributed by atoms with van der Waals surface area (Å²) >= 11 is 1.95. The van der Waals surface area contributed by atoms with Gasteiger partial charge in [0.05, 0.1) is 22.9 Å². The number of hydrogen-bond donors (Lipinski definition) is 1. The van der Waals surface area contributed by atoms with E-state index in [9.17, 15) is 4.79 Å². The van der Waals surface area contributed by atoms with E-state index in [1.54, 1.807) is 0 Å². The van der Waals surface area contributed by atoms with Crippen molar-refractivity contribution in [3.8, 4) is 0 Å². The second-order valence-corrected chi connectivity index (χ2v) is 6.91. The van der Waals surface area contributed by atoms with Gasteiger partial charge in [0, 0.05) is 5.92 Å². The van der Waals surface area contributed by atoms with Crippen LogP contribution < -0.4 is 3.53 Å². The summed E-state index contributed by atoms with van der Waals surface area (Å²) in [5.74, 6) is 1.11. The zero-order valence-electron chi connectivity index (χ0n) is 13.4. The number of rotatable bonds is 10. The SMILES string of the molecule is CCCCC(C)(CCCC(CC)C(=O)NI)C(C)C. The largest absolute Gasteiger partial charge is 0.299 e. The Morgan fingerprint density at radius 2 is 1.79 bits per heavy atom. The van der Waals surface area contributed by atoms with Crippen molar-refractivity contribution in [3.05, 3.63) is 0 Å². The van der Waals surface area contributed by atoms with Crippen LogP contribution in [0.4, 0.5) is 0 Å². The quantitative estimate of drug-likeness (QED) is 0.393. The Morgan fingerprint density at radius 3 is 2.21 bits per heavy atom. The van der Waals surface area contributed by atoms with Crippen molar-refractivity contribution in [1.82, 2.24) is 3.53 Å². The first-order valence-corrected chi connectivity index (χ1v) is 8.89. The molecule has 0 aromatic heterocycles. The zero-order valence-corrected chi connectivity index (χ0v) is 15.5. The van der Waals surface area contributed by atoms with E-state index >= 15 is 0 Å². The molecule has 0 heterocycles. The van der Waals surface area contributed by atoms with Gasteiger partial charge in [0.1, 0.15) is 0 Å². The van der Waals surface area contributed by atoms with Crippen LogP contribution in [-0.4, -0.2) is 5.91 Å². The Labute approximate surface area is 134 Å². The van der Waals surface area contributed by atoms with Gasteiger partial charge in [-0.15, -0.1) is 0 Å². The summed E-state index contributed by atoms with van der Waals surface area (Å²) < 4.78 is 2.75. The Kier molecular flexibility index (Phi) is 10.1. The molecular weight excluding hydrogens is 349 g/mol. The Balaban J connectivity index is 4.28. The normalized spacial score (nSPS) is 16.2. The fourth-order valence-electron chi connectivity index (χ4n) is 2.63. The third kappa shape index (κ3) is 6.96. The number of carbonyl (C=O) groups excluding carboxylic acids is 1. The van der Waals surface area contributed by atoms with Gasteiger partial charge < -0.3 is 0 Å². The van der Waals surface area contributed by atoms with Gasteiger partial charge in [0.2, 0.25) is 5.91 Å². The lowest BCUT2D eigenvalue weighted by molar-refractivity contribution is -0.123. The van der Waals surface area contributed by atoms with Crippen LogP contribution in [-0.2, 0) is 4.79 Å². The molecule has 1 amide bonds. The standard InChI is InChI=1S/C16H32INO/c1-6-8-11-16(5,13(3)4)12-9-10-14(7-2)15(19)18-17/h13-14H,6-12H2,1-5H3,(H,18,19). The predicted molar refractivity (Wildman–Crippen MR) is 92.3 cm³/mol. The van der Waals surface area contributed by atoms with Gasteiger partial charge >= 0.3 is 0 Å². The van der Waals surface area contributed by atoms with Crippen molar-refractivity contribution in [1.29, 1.82) is 0 Å². The van der Waals surface area contributed by atoms with Crippen molar-refractivity contribution in [2.45, 2.75) is 79.6 Å². The van der Waals surface area contributed by atoms with Crippen molar-refractivity contribution in [2.24, 2.45) is 17.3 Å². The minimum Gasteiger partial charge on any atom is -0.299 e. The number of carbonyl (C=O) groups is 1. The van der Waals surface area contributed by atoms with Gasteiger partial charge in [-0.05, 0) is 37.0 Å². The molecule has 0 aliphatic rings. The third-order valence-corrected chi connectivity index (χ3v) is 5.28. The molecule has 19 heavy (non-hydrogen) atoms. The molecule has 2 atom stereocenters. The van der Waals surface area contributed by atoms with E-state index in [2.05, 4.69) is 38.1 Å². The smallest absolute Gasteiger partial charge is 0.231 e. The van der Waals surface area contributed by atoms with E-state index in [1.807, 2.05) is 22.9 Å². The highest BCUT2D eigenvalue weighted by molar-refractivity contribution is 14.1. The number of amides is 1. The summed E-state index contributed by atoms with van der Waals surface area (Å²) in [6.07, 6.45) is 8.30. The highest BCUT2D eigenvalue weighted by Crippen LogP contribution is 2.38. The van der Waals surface area contributed by atoms with Gasteiger partial charge in [-0.3, -0.25) is 8.32 Å². The average molecular weight is 381 g/mol. The first-order valence-electron chi connectivity index (χ1n) is 7.81. The summed E-state index contributed by atoms with van der Waals surface area (Å²) in [6.45, 7) is 11.5. The van der Waals surface area contributed by atoms with E-state index < -0.39 is 0 Å². The van der Waals surface area contributed by atoms with Gasteiger partial charge in [-0.25, -0.2) is 0 Å². The fraction of sp³-hybridized carbons (Fsp3) is 0.938. The summed E-state index contributed by atoms with van der Waals surface area (Å²) in [5, 5.41) is 0. The monoisotopic (exact) mass is 381 g/mol. The van der Waals surface area contributed by atoms with E-state index in [0.717, 1.165) is 18.8 Å². The van der Waals surface area contributed by atoms with Crippen LogP contribution >= 0.6 is 22.9 Å². The summed E-state index contributed by atoms with van der Waals surface area (Å²) in [6, 6.07) is 0. The summed E-state index contributed by atoms with van der Waals surface area (Å²) in [7, 11) is 0. The highest BCUT2D eigenvalue weighted by atomic mass is 127. The first-order chi connectivity index (χ1) is 8.91. The molecular formula is C16H32INO. The van der Waals surface area contributed by atoms with Gasteiger partial charge in [0.25, 0.3) is 0 Å². The summed E-state index contributed by atoms with van der Waals surface area (Å²) in [4.78, 5) is 11.7. The van der Waals surface area contributed by atoms with E-state index in [4.69, 9.17) is 0 Å². The molecule has 0 aliphatic carbocycles. The molecule has 0 saturated carbocycles. The maximum absolute atomic E-state index is 11.7. The molecule has 2 nitrogen and oxygen atoms in total. The lowest BCUT2D eigenvalue weighted by atomic mass is 9.71. The molecule has 0 radical (unpaired) electrons. The molecule has 1 N–H and O–H groups in total. The zero-order chi connectivity index (χ0) is 14.9. The second-order valence-electron chi connectivity index (χ2n) is 6.37. The number of unbranched alkanes of at least 4 members (excludes halogenated alkanes) is 1. The van der Waals surface area contributed by atoms with Crippen LogP contribution in [0.2, 0.25) is 0 Å². The van der Waals surface area contributed by atoms with Crippen LogP contribution in [0.15, 0.2) is 0 Å². The van der Waals surface area contributed by atoms with Gasteiger partial charge in [-0.1, -0.05) is 53.9 Å². The van der Waals surface area contributed by atoms with E-state index in [1.165, 1.54) is 32.1 Å². The fourth-order valence-corrected chi connectivity index (χ4v) is 3.07. The van der Waals surface area contributed by atoms with Crippen molar-refractivity contribution in [3.63, 3.8) is 0 Å². The molecule has 0 aromatic carbocycles. The van der Waals surface area contributed by atoms with Crippen molar-refractivity contribution in [2.75, 3.05) is 0 Å². The minimum atomic E-state index is 0.194. The maximum atomic E-state index is 11.7. The van der Waals surface area contributed by atoms with Crippen molar-refractivity contribution >= 4 is 28.8 Å². The van der Waals surface area contributed by atoms with Crippen LogP contribution in [0, 0.1) is 17.3 Å². The molecule has 0 rings (SSSR count). The third-order valence-electron chi connectivity index (χ3n) is 4.75. The molecule has 114 valence electrons. The van der Waals surface area contributed by atoms with Crippen molar-refractivity contribution < 1.29 is 4.79 Å². The molecule has 0 bridgehead atoms. The Hall–Kier alpha value is 0.200. The Bertz CT molecular complexity index is 255. The highest BCUT2D eigenvalue weighted by Gasteiger charge is 2.27. The topological polar surface area (TPSA) is 29.1 Å². The minimum absolute atomic E-state index is 0.194. The molecule has 0 fully saturated rings. The average Bonchev–Trinajstić information content (AvgIpc) is 2.40. The molecule has 3 heteroatoms. The van der Waals surface area contributed by atoms with Gasteiger partial charge in [-0.2, -0.15) is 0 Å². The number of hydrogen-bond acceptors (Lipinski definition) is 1. The molecule has 0 saturated heterocycles. The molecule has 0 aliphatic heterocycles. The maximum Gasteiger partial charge on any atom is 0.231 e. The second kappa shape index (κ2) is 10.0. The molecule has 2 unspecified atom stereocenters. The number of halogens is 1. The predicted octanol–water partition coefficient (Wildman–Crippen LogP) is 5.50. The lowest BCUT2D eigenvalue weighted by Crippen LogP contribution is -2.26. The van der Waals surface area contributed by atoms with Crippen LogP contribution in [0.3, 0.4) is 0 Å². The van der Waals surface area contributed by atoms with Crippen LogP contribution in [0.5, 0.6) is 0 Å². The molecule has 0 spiro atoms. The number of nitrogens with one attached hydrogen (secondary N) is 1. The molecule has 0 aromatic rings. The van der Waals surface area contributed by atoms with E-state index in [-0.39, 0.29) is 11.8 Å². The summed E-state index contributed by atoms with van der Waals surface area (Å²) in [5.41, 5.74) is 0.440. The Morgan fingerprint density at radius 1 is 1.21 bits per heavy atom. The van der Waals surface area contributed by atoms with Gasteiger partial charge in [0.15, 0.2) is 0 Å². The van der Waals surface area contributed by atoms with Crippen LogP contribution in [0.25, 0.3) is 0 Å². The lowest BCUT2D eigenvalue weighted by Gasteiger charge is -2.34.